The number of Topliss-reactive ketones (excluding diaryl/α,β-unsaturated/α-hetero) is 1. The van der Waals surface area contributed by atoms with Crippen molar-refractivity contribution in [1.29, 1.82) is 0 Å². The molecule has 45 heavy (non-hydrogen) atoms. The first-order valence-corrected chi connectivity index (χ1v) is 14.6. The van der Waals surface area contributed by atoms with Crippen molar-refractivity contribution in [3.63, 3.8) is 0 Å². The van der Waals surface area contributed by atoms with Gasteiger partial charge in [-0.25, -0.2) is 0 Å². The number of ketones is 3. The number of methoxy groups -OCH3 is 1. The fourth-order valence-corrected chi connectivity index (χ4v) is 6.37. The van der Waals surface area contributed by atoms with Crippen LogP contribution < -0.4 is 21.5 Å². The van der Waals surface area contributed by atoms with Crippen LogP contribution >= 0.6 is 0 Å². The van der Waals surface area contributed by atoms with E-state index in [2.05, 4.69) is 5.32 Å². The average Bonchev–Trinajstić information content (AvgIpc) is 2.99. The SMILES string of the molecule is COc1cccc2c1C(=O)c1c(O)c3c(c(O)c1C2=O)C[C@@](O)(C(C)=O)C[C@H]3O[C@H]1C[C@@H](NC(=O)[C@H](N)CCN)[C@H](O)[C@@H](C)O1. The number of ether oxygens (including phenoxy) is 3. The summed E-state index contributed by atoms with van der Waals surface area (Å²) in [6.07, 6.45) is -5.28. The minimum Gasteiger partial charge on any atom is -0.507 e. The van der Waals surface area contributed by atoms with E-state index >= 15 is 0 Å². The lowest BCUT2D eigenvalue weighted by atomic mass is 9.72. The number of aromatic hydroxyl groups is 2. The highest BCUT2D eigenvalue weighted by atomic mass is 16.7. The molecule has 1 heterocycles. The smallest absolute Gasteiger partial charge is 0.237 e. The third-order valence-electron chi connectivity index (χ3n) is 8.90. The molecule has 242 valence electrons. The number of hydrogen-bond acceptors (Lipinski definition) is 13. The average molecular weight is 628 g/mol. The number of carbonyl (C=O) groups is 4. The van der Waals surface area contributed by atoms with Crippen molar-refractivity contribution in [2.45, 2.75) is 81.8 Å². The molecule has 7 atom stereocenters. The number of phenols is 2. The van der Waals surface area contributed by atoms with E-state index in [9.17, 15) is 39.6 Å². The lowest BCUT2D eigenvalue weighted by Crippen LogP contribution is -2.58. The van der Waals surface area contributed by atoms with Gasteiger partial charge in [0.25, 0.3) is 0 Å². The molecular formula is C31H37N3O11. The summed E-state index contributed by atoms with van der Waals surface area (Å²) in [5, 5.41) is 47.9. The maximum atomic E-state index is 13.8. The van der Waals surface area contributed by atoms with Gasteiger partial charge in [0.15, 0.2) is 17.9 Å². The van der Waals surface area contributed by atoms with Crippen molar-refractivity contribution in [2.24, 2.45) is 11.5 Å². The maximum Gasteiger partial charge on any atom is 0.237 e. The Hall–Kier alpha value is -3.92. The number of benzene rings is 2. The number of nitrogens with two attached hydrogens (primary N) is 2. The number of nitrogens with one attached hydrogen (secondary N) is 1. The van der Waals surface area contributed by atoms with Gasteiger partial charge in [-0.05, 0) is 32.9 Å². The summed E-state index contributed by atoms with van der Waals surface area (Å²) < 4.78 is 17.3. The quantitative estimate of drug-likeness (QED) is 0.161. The summed E-state index contributed by atoms with van der Waals surface area (Å²) in [6.45, 7) is 2.88. The zero-order valence-corrected chi connectivity index (χ0v) is 25.0. The van der Waals surface area contributed by atoms with E-state index in [1.54, 1.807) is 6.92 Å². The molecule has 1 saturated heterocycles. The third-order valence-corrected chi connectivity index (χ3v) is 8.90. The first-order chi connectivity index (χ1) is 21.2. The summed E-state index contributed by atoms with van der Waals surface area (Å²) >= 11 is 0. The third kappa shape index (κ3) is 5.47. The van der Waals surface area contributed by atoms with Crippen LogP contribution in [-0.4, -0.2) is 93.5 Å². The van der Waals surface area contributed by atoms with Crippen LogP contribution in [0.2, 0.25) is 0 Å². The van der Waals surface area contributed by atoms with Crippen LogP contribution in [-0.2, 0) is 25.5 Å². The van der Waals surface area contributed by atoms with Crippen LogP contribution in [0.5, 0.6) is 17.2 Å². The van der Waals surface area contributed by atoms with E-state index in [4.69, 9.17) is 25.7 Å². The van der Waals surface area contributed by atoms with Crippen LogP contribution in [0.4, 0.5) is 0 Å². The van der Waals surface area contributed by atoms with Gasteiger partial charge < -0.3 is 51.4 Å². The van der Waals surface area contributed by atoms with Gasteiger partial charge in [-0.2, -0.15) is 0 Å². The van der Waals surface area contributed by atoms with Gasteiger partial charge in [-0.3, -0.25) is 19.2 Å². The molecule has 0 spiro atoms. The van der Waals surface area contributed by atoms with E-state index in [1.165, 1.54) is 25.3 Å². The fraction of sp³-hybridized carbons (Fsp3) is 0.484. The van der Waals surface area contributed by atoms with Crippen molar-refractivity contribution in [1.82, 2.24) is 5.32 Å². The molecule has 0 unspecified atom stereocenters. The van der Waals surface area contributed by atoms with E-state index in [1.807, 2.05) is 0 Å². The Morgan fingerprint density at radius 3 is 2.49 bits per heavy atom. The Labute approximate surface area is 258 Å². The number of carbonyl (C=O) groups excluding carboxylic acids is 4. The van der Waals surface area contributed by atoms with Crippen LogP contribution in [0.25, 0.3) is 0 Å². The van der Waals surface area contributed by atoms with Crippen molar-refractivity contribution >= 4 is 23.3 Å². The second-order valence-electron chi connectivity index (χ2n) is 11.8. The normalized spacial score (nSPS) is 28.0. The number of rotatable bonds is 8. The van der Waals surface area contributed by atoms with Crippen molar-refractivity contribution in [3.05, 3.63) is 51.6 Å². The lowest BCUT2D eigenvalue weighted by molar-refractivity contribution is -0.249. The molecule has 0 aromatic heterocycles. The van der Waals surface area contributed by atoms with Gasteiger partial charge in [0.05, 0.1) is 48.1 Å². The number of aliphatic hydroxyl groups excluding tert-OH is 1. The zero-order chi connectivity index (χ0) is 33.0. The number of phenolic OH excluding ortho intramolecular Hbond substituents is 2. The predicted octanol–water partition coefficient (Wildman–Crippen LogP) is -0.137. The predicted molar refractivity (Wildman–Crippen MR) is 156 cm³/mol. The van der Waals surface area contributed by atoms with Gasteiger partial charge in [0.1, 0.15) is 29.0 Å². The van der Waals surface area contributed by atoms with Gasteiger partial charge in [-0.1, -0.05) is 12.1 Å². The molecule has 3 aliphatic rings. The van der Waals surface area contributed by atoms with Gasteiger partial charge in [0, 0.05) is 36.0 Å². The Morgan fingerprint density at radius 1 is 1.16 bits per heavy atom. The van der Waals surface area contributed by atoms with Crippen molar-refractivity contribution in [2.75, 3.05) is 13.7 Å². The molecule has 1 amide bonds. The minimum absolute atomic E-state index is 0.0469. The van der Waals surface area contributed by atoms with Crippen molar-refractivity contribution < 1.29 is 53.8 Å². The van der Waals surface area contributed by atoms with E-state index in [0.29, 0.717) is 0 Å². The molecule has 2 aliphatic carbocycles. The number of hydrogen-bond donors (Lipinski definition) is 7. The largest absolute Gasteiger partial charge is 0.507 e. The maximum absolute atomic E-state index is 13.8. The van der Waals surface area contributed by atoms with E-state index < -0.39 is 101 Å². The van der Waals surface area contributed by atoms with E-state index in [0.717, 1.165) is 6.92 Å². The highest BCUT2D eigenvalue weighted by molar-refractivity contribution is 6.31. The first kappa shape index (κ1) is 32.5. The fourth-order valence-electron chi connectivity index (χ4n) is 6.37. The Balaban J connectivity index is 1.57. The summed E-state index contributed by atoms with van der Waals surface area (Å²) in [5.41, 5.74) is 7.96. The first-order valence-electron chi connectivity index (χ1n) is 14.6. The monoisotopic (exact) mass is 627 g/mol. The second kappa shape index (κ2) is 12.1. The minimum atomic E-state index is -2.08. The molecule has 0 radical (unpaired) electrons. The lowest BCUT2D eigenvalue weighted by Gasteiger charge is -2.43. The van der Waals surface area contributed by atoms with Gasteiger partial charge in [-0.15, -0.1) is 0 Å². The Morgan fingerprint density at radius 2 is 1.84 bits per heavy atom. The summed E-state index contributed by atoms with van der Waals surface area (Å²) in [4.78, 5) is 52.7. The molecule has 5 rings (SSSR count). The van der Waals surface area contributed by atoms with Crippen molar-refractivity contribution in [3.8, 4) is 17.2 Å². The second-order valence-corrected chi connectivity index (χ2v) is 11.8. The van der Waals surface area contributed by atoms with Crippen LogP contribution in [0, 0.1) is 0 Å². The zero-order valence-electron chi connectivity index (χ0n) is 25.0. The highest BCUT2D eigenvalue weighted by Gasteiger charge is 2.49. The number of fused-ring (bicyclic) bond motifs is 3. The molecule has 2 aromatic rings. The molecule has 14 heteroatoms. The summed E-state index contributed by atoms with van der Waals surface area (Å²) in [7, 11) is 1.32. The standard InChI is InChI=1S/C31H37N3O11/c1-12-25(36)17(34-30(41)16(33)7-8-32)9-20(44-12)45-19-11-31(42,13(2)35)10-15-22(19)29(40)24-23(27(15)38)26(37)14-5-4-6-18(43-3)21(14)28(24)39/h4-6,12,16-17,19-20,25,36,38,40,42H,7-11,32-33H2,1-3H3,(H,34,41)/t12-,16-,17-,19-,20+,25-,31+/m1/s1. The molecule has 1 aliphatic heterocycles. The van der Waals surface area contributed by atoms with Crippen LogP contribution in [0.15, 0.2) is 18.2 Å². The molecule has 0 saturated carbocycles. The Bertz CT molecular complexity index is 1580. The van der Waals surface area contributed by atoms with Crippen LogP contribution in [0.3, 0.4) is 0 Å². The summed E-state index contributed by atoms with van der Waals surface area (Å²) in [5.74, 6) is -3.99. The number of amides is 1. The molecule has 14 nitrogen and oxygen atoms in total. The van der Waals surface area contributed by atoms with E-state index in [-0.39, 0.29) is 47.4 Å². The van der Waals surface area contributed by atoms with Gasteiger partial charge in [0.2, 0.25) is 11.7 Å². The topological polar surface area (TPSA) is 241 Å². The molecule has 0 bridgehead atoms. The molecule has 9 N–H and O–H groups in total. The molecule has 1 fully saturated rings. The van der Waals surface area contributed by atoms with Gasteiger partial charge >= 0.3 is 0 Å². The molecular weight excluding hydrogens is 590 g/mol. The number of aliphatic hydroxyl groups is 2. The highest BCUT2D eigenvalue weighted by Crippen LogP contribution is 2.52. The summed E-state index contributed by atoms with van der Waals surface area (Å²) in [6, 6.07) is 2.59. The van der Waals surface area contributed by atoms with Crippen LogP contribution in [0.1, 0.15) is 82.2 Å². The Kier molecular flexibility index (Phi) is 8.74. The molecule has 2 aromatic carbocycles.